The second-order valence-corrected chi connectivity index (χ2v) is 6.67. The molecule has 1 aliphatic carbocycles. The fraction of sp³-hybridized carbons (Fsp3) is 0.350. The van der Waals surface area contributed by atoms with Gasteiger partial charge in [0.15, 0.2) is 0 Å². The van der Waals surface area contributed by atoms with Crippen molar-refractivity contribution in [3.63, 3.8) is 0 Å². The third-order valence-corrected chi connectivity index (χ3v) is 5.01. The predicted molar refractivity (Wildman–Crippen MR) is 92.6 cm³/mol. The zero-order valence-corrected chi connectivity index (χ0v) is 13.6. The van der Waals surface area contributed by atoms with Crippen LogP contribution in [0, 0.1) is 5.82 Å². The molecule has 1 aliphatic heterocycles. The predicted octanol–water partition coefficient (Wildman–Crippen LogP) is 3.14. The zero-order valence-electron chi connectivity index (χ0n) is 13.6. The van der Waals surface area contributed by atoms with E-state index >= 15 is 0 Å². The Morgan fingerprint density at radius 2 is 1.92 bits per heavy atom. The molecule has 2 aliphatic rings. The molecule has 2 N–H and O–H groups in total. The summed E-state index contributed by atoms with van der Waals surface area (Å²) in [5.41, 5.74) is 5.75. The van der Waals surface area contributed by atoms with Crippen molar-refractivity contribution in [1.29, 1.82) is 0 Å². The van der Waals surface area contributed by atoms with Crippen LogP contribution in [0.3, 0.4) is 0 Å². The quantitative estimate of drug-likeness (QED) is 0.911. The molecule has 0 saturated heterocycles. The molecule has 124 valence electrons. The van der Waals surface area contributed by atoms with Gasteiger partial charge in [0.1, 0.15) is 5.82 Å². The average molecular weight is 324 g/mol. The Morgan fingerprint density at radius 1 is 1.08 bits per heavy atom. The summed E-state index contributed by atoms with van der Waals surface area (Å²) in [6.45, 7) is 1.46. The van der Waals surface area contributed by atoms with Crippen LogP contribution in [-0.4, -0.2) is 12.5 Å². The molecule has 0 bridgehead atoms. The van der Waals surface area contributed by atoms with Crippen LogP contribution in [0.15, 0.2) is 30.3 Å². The molecule has 3 nitrogen and oxygen atoms in total. The summed E-state index contributed by atoms with van der Waals surface area (Å²) in [6.07, 6.45) is 4.37. The van der Waals surface area contributed by atoms with Crippen LogP contribution in [-0.2, 0) is 37.0 Å². The van der Waals surface area contributed by atoms with Crippen LogP contribution < -0.4 is 10.6 Å². The Morgan fingerprint density at radius 3 is 2.83 bits per heavy atom. The number of carbonyl (C=O) groups excluding carboxylic acids is 1. The van der Waals surface area contributed by atoms with Crippen molar-refractivity contribution in [3.8, 4) is 0 Å². The molecular weight excluding hydrogens is 303 g/mol. The number of benzene rings is 2. The number of hydrogen-bond acceptors (Lipinski definition) is 2. The number of hydrogen-bond donors (Lipinski definition) is 2. The topological polar surface area (TPSA) is 41.1 Å². The molecule has 0 fully saturated rings. The maximum atomic E-state index is 14.6. The second kappa shape index (κ2) is 6.36. The molecule has 0 radical (unpaired) electrons. The zero-order chi connectivity index (χ0) is 16.5. The van der Waals surface area contributed by atoms with E-state index in [1.54, 1.807) is 6.07 Å². The van der Waals surface area contributed by atoms with Gasteiger partial charge in [-0.05, 0) is 66.1 Å². The number of amides is 1. The van der Waals surface area contributed by atoms with Crippen molar-refractivity contribution >= 4 is 11.6 Å². The number of fused-ring (bicyclic) bond motifs is 2. The molecule has 0 saturated carbocycles. The molecule has 4 rings (SSSR count). The van der Waals surface area contributed by atoms with Gasteiger partial charge in [-0.25, -0.2) is 4.39 Å². The van der Waals surface area contributed by atoms with Crippen LogP contribution >= 0.6 is 0 Å². The van der Waals surface area contributed by atoms with Gasteiger partial charge in [0.2, 0.25) is 5.91 Å². The molecule has 1 amide bonds. The van der Waals surface area contributed by atoms with Gasteiger partial charge < -0.3 is 10.6 Å². The number of rotatable bonds is 3. The maximum absolute atomic E-state index is 14.6. The Balaban J connectivity index is 1.48. The third kappa shape index (κ3) is 2.94. The molecule has 0 unspecified atom stereocenters. The largest absolute Gasteiger partial charge is 0.323 e. The number of nitrogens with one attached hydrogen (secondary N) is 2. The number of aryl methyl sites for hydroxylation is 2. The van der Waals surface area contributed by atoms with Crippen molar-refractivity contribution in [2.75, 3.05) is 11.9 Å². The van der Waals surface area contributed by atoms with Gasteiger partial charge in [0.05, 0.1) is 12.1 Å². The molecule has 0 spiro atoms. The van der Waals surface area contributed by atoms with E-state index in [0.717, 1.165) is 36.1 Å². The molecular formula is C20H21FN2O. The number of anilines is 1. The van der Waals surface area contributed by atoms with Crippen LogP contribution in [0.2, 0.25) is 0 Å². The highest BCUT2D eigenvalue weighted by molar-refractivity contribution is 5.92. The fourth-order valence-electron chi connectivity index (χ4n) is 3.75. The van der Waals surface area contributed by atoms with E-state index in [2.05, 4.69) is 22.8 Å². The minimum atomic E-state index is -0.281. The Kier molecular flexibility index (Phi) is 4.07. The van der Waals surface area contributed by atoms with E-state index in [1.807, 2.05) is 12.1 Å². The van der Waals surface area contributed by atoms with Gasteiger partial charge in [-0.3, -0.25) is 4.79 Å². The van der Waals surface area contributed by atoms with E-state index in [1.165, 1.54) is 17.5 Å². The van der Waals surface area contributed by atoms with Crippen molar-refractivity contribution < 1.29 is 9.18 Å². The average Bonchev–Trinajstić information content (AvgIpc) is 3.05. The second-order valence-electron chi connectivity index (χ2n) is 6.67. The lowest BCUT2D eigenvalue weighted by molar-refractivity contribution is -0.115. The first kappa shape index (κ1) is 15.3. The minimum Gasteiger partial charge on any atom is -0.323 e. The first-order valence-corrected chi connectivity index (χ1v) is 8.62. The van der Waals surface area contributed by atoms with Crippen molar-refractivity contribution in [2.45, 2.75) is 38.6 Å². The van der Waals surface area contributed by atoms with Gasteiger partial charge >= 0.3 is 0 Å². The number of halogens is 1. The lowest BCUT2D eigenvalue weighted by atomic mass is 9.99. The van der Waals surface area contributed by atoms with E-state index < -0.39 is 0 Å². The van der Waals surface area contributed by atoms with Gasteiger partial charge in [-0.2, -0.15) is 0 Å². The molecule has 2 aromatic rings. The monoisotopic (exact) mass is 324 g/mol. The van der Waals surface area contributed by atoms with Crippen LogP contribution in [0.25, 0.3) is 0 Å². The van der Waals surface area contributed by atoms with Crippen molar-refractivity contribution in [2.24, 2.45) is 0 Å². The fourth-order valence-corrected chi connectivity index (χ4v) is 3.75. The standard InChI is InChI=1S/C20H21FN2O/c21-20-17-8-9-22-12-16(17)6-7-18(20)23-19(24)11-13-4-5-14-2-1-3-15(14)10-13/h4-7,10,22H,1-3,8-9,11-12H2,(H,23,24). The van der Waals surface area contributed by atoms with Crippen LogP contribution in [0.4, 0.5) is 10.1 Å². The summed E-state index contributed by atoms with van der Waals surface area (Å²) in [4.78, 5) is 12.3. The molecule has 0 atom stereocenters. The normalized spacial score (nSPS) is 15.7. The summed E-state index contributed by atoms with van der Waals surface area (Å²) < 4.78 is 14.6. The minimum absolute atomic E-state index is 0.166. The first-order chi connectivity index (χ1) is 11.7. The molecule has 2 aromatic carbocycles. The first-order valence-electron chi connectivity index (χ1n) is 8.62. The summed E-state index contributed by atoms with van der Waals surface area (Å²) in [5.74, 6) is -0.447. The lowest BCUT2D eigenvalue weighted by Crippen LogP contribution is -2.25. The van der Waals surface area contributed by atoms with Crippen molar-refractivity contribution in [1.82, 2.24) is 5.32 Å². The smallest absolute Gasteiger partial charge is 0.228 e. The van der Waals surface area contributed by atoms with Gasteiger partial charge in [0.25, 0.3) is 0 Å². The maximum Gasteiger partial charge on any atom is 0.228 e. The highest BCUT2D eigenvalue weighted by Gasteiger charge is 2.18. The van der Waals surface area contributed by atoms with Gasteiger partial charge in [0, 0.05) is 6.54 Å². The van der Waals surface area contributed by atoms with E-state index in [9.17, 15) is 9.18 Å². The molecule has 4 heteroatoms. The third-order valence-electron chi connectivity index (χ3n) is 5.01. The van der Waals surface area contributed by atoms with Crippen LogP contribution in [0.5, 0.6) is 0 Å². The van der Waals surface area contributed by atoms with Crippen molar-refractivity contribution in [3.05, 3.63) is 64.0 Å². The SMILES string of the molecule is O=C(Cc1ccc2c(c1)CCC2)Nc1ccc2c(c1F)CCNC2. The van der Waals surface area contributed by atoms with E-state index in [-0.39, 0.29) is 18.1 Å². The van der Waals surface area contributed by atoms with E-state index in [4.69, 9.17) is 0 Å². The summed E-state index contributed by atoms with van der Waals surface area (Å²) in [6, 6.07) is 9.82. The van der Waals surface area contributed by atoms with Gasteiger partial charge in [-0.1, -0.05) is 24.3 Å². The number of carbonyl (C=O) groups is 1. The Labute approximate surface area is 141 Å². The highest BCUT2D eigenvalue weighted by atomic mass is 19.1. The van der Waals surface area contributed by atoms with Crippen LogP contribution in [0.1, 0.15) is 34.2 Å². The molecule has 1 heterocycles. The highest BCUT2D eigenvalue weighted by Crippen LogP contribution is 2.25. The summed E-state index contributed by atoms with van der Waals surface area (Å²) in [7, 11) is 0. The molecule has 0 aromatic heterocycles. The Bertz CT molecular complexity index is 800. The van der Waals surface area contributed by atoms with E-state index in [0.29, 0.717) is 18.7 Å². The van der Waals surface area contributed by atoms with Gasteiger partial charge in [-0.15, -0.1) is 0 Å². The lowest BCUT2D eigenvalue weighted by Gasteiger charge is -2.19. The summed E-state index contributed by atoms with van der Waals surface area (Å²) >= 11 is 0. The summed E-state index contributed by atoms with van der Waals surface area (Å²) in [5, 5.41) is 5.97. The Hall–Kier alpha value is -2.20. The molecule has 24 heavy (non-hydrogen) atoms.